The number of likely N-dealkylation sites (N-methyl/N-ethyl adjacent to an activating group) is 1. The summed E-state index contributed by atoms with van der Waals surface area (Å²) in [5.41, 5.74) is 5.29. The Kier molecular flexibility index (Phi) is 5.50. The van der Waals surface area contributed by atoms with Gasteiger partial charge in [-0.05, 0) is 50.5 Å². The quantitative estimate of drug-likeness (QED) is 0.358. The molecule has 0 aliphatic carbocycles. The lowest BCUT2D eigenvalue weighted by Crippen LogP contribution is -2.31. The molecule has 0 saturated heterocycles. The fourth-order valence-corrected chi connectivity index (χ4v) is 3.78. The third-order valence-corrected chi connectivity index (χ3v) is 5.53. The third-order valence-electron chi connectivity index (χ3n) is 5.53. The Hall–Kier alpha value is -4.17. The van der Waals surface area contributed by atoms with Gasteiger partial charge in [0, 0.05) is 59.4 Å². The van der Waals surface area contributed by atoms with Gasteiger partial charge in [0.2, 0.25) is 0 Å². The zero-order chi connectivity index (χ0) is 22.8. The highest BCUT2D eigenvalue weighted by molar-refractivity contribution is 5.94. The highest BCUT2D eigenvalue weighted by Gasteiger charge is 2.12. The van der Waals surface area contributed by atoms with Crippen molar-refractivity contribution < 1.29 is 4.79 Å². The van der Waals surface area contributed by atoms with Crippen molar-refractivity contribution >= 4 is 34.0 Å². The molecular weight excluding hydrogens is 414 g/mol. The van der Waals surface area contributed by atoms with Crippen LogP contribution in [0.15, 0.2) is 73.3 Å². The average molecular weight is 440 g/mol. The Morgan fingerprint density at radius 3 is 2.76 bits per heavy atom. The highest BCUT2D eigenvalue weighted by atomic mass is 16.1. The van der Waals surface area contributed by atoms with Crippen molar-refractivity contribution in [1.82, 2.24) is 29.6 Å². The Balaban J connectivity index is 1.38. The van der Waals surface area contributed by atoms with Gasteiger partial charge in [0.05, 0.1) is 11.9 Å². The molecular formula is C25H25N7O. The van der Waals surface area contributed by atoms with E-state index in [0.29, 0.717) is 17.9 Å². The number of nitrogens with one attached hydrogen (secondary N) is 3. The summed E-state index contributed by atoms with van der Waals surface area (Å²) in [6.45, 7) is 1.41. The minimum atomic E-state index is -0.0726. The van der Waals surface area contributed by atoms with E-state index in [4.69, 9.17) is 0 Å². The number of H-pyrrole nitrogens is 1. The van der Waals surface area contributed by atoms with E-state index in [1.54, 1.807) is 6.20 Å². The number of aromatic nitrogens is 4. The van der Waals surface area contributed by atoms with Gasteiger partial charge in [-0.25, -0.2) is 9.97 Å². The Morgan fingerprint density at radius 1 is 1.09 bits per heavy atom. The molecule has 3 aromatic heterocycles. The molecule has 1 amide bonds. The van der Waals surface area contributed by atoms with Crippen LogP contribution in [0.3, 0.4) is 0 Å². The lowest BCUT2D eigenvalue weighted by atomic mass is 10.1. The smallest absolute Gasteiger partial charge is 0.251 e. The van der Waals surface area contributed by atoms with Crippen molar-refractivity contribution in [1.29, 1.82) is 0 Å². The standard InChI is InChI=1S/C25H25N7O/c1-31(2)13-11-28-25(33)18-5-3-17(4-6-18)22-16-29-24-23(27-12-14-32(22)24)30-20-7-8-21-19(15-20)9-10-26-21/h3-10,12,14-16,26H,11,13H2,1-2H3,(H,27,30)(H,28,33). The molecule has 3 N–H and O–H groups in total. The fraction of sp³-hybridized carbons (Fsp3) is 0.160. The maximum Gasteiger partial charge on any atom is 0.251 e. The minimum Gasteiger partial charge on any atom is -0.361 e. The largest absolute Gasteiger partial charge is 0.361 e. The number of imidazole rings is 1. The summed E-state index contributed by atoms with van der Waals surface area (Å²) in [7, 11) is 3.96. The van der Waals surface area contributed by atoms with Crippen LogP contribution in [-0.4, -0.2) is 57.3 Å². The van der Waals surface area contributed by atoms with Gasteiger partial charge in [0.1, 0.15) is 0 Å². The molecule has 5 rings (SSSR count). The molecule has 0 aliphatic rings. The van der Waals surface area contributed by atoms with Crippen LogP contribution in [0.5, 0.6) is 0 Å². The summed E-state index contributed by atoms with van der Waals surface area (Å²) in [5.74, 6) is 0.604. The first-order valence-corrected chi connectivity index (χ1v) is 10.8. The molecule has 3 heterocycles. The number of anilines is 2. The molecule has 0 aliphatic heterocycles. The van der Waals surface area contributed by atoms with Gasteiger partial charge in [-0.3, -0.25) is 9.20 Å². The molecule has 5 aromatic rings. The first-order chi connectivity index (χ1) is 16.1. The lowest BCUT2D eigenvalue weighted by molar-refractivity contribution is 0.0951. The number of rotatable bonds is 7. The van der Waals surface area contributed by atoms with Gasteiger partial charge in [-0.1, -0.05) is 12.1 Å². The molecule has 0 unspecified atom stereocenters. The zero-order valence-electron chi connectivity index (χ0n) is 18.5. The molecule has 8 heteroatoms. The van der Waals surface area contributed by atoms with Crippen LogP contribution in [0, 0.1) is 0 Å². The molecule has 33 heavy (non-hydrogen) atoms. The van der Waals surface area contributed by atoms with Gasteiger partial charge in [-0.15, -0.1) is 0 Å². The second kappa shape index (κ2) is 8.76. The van der Waals surface area contributed by atoms with Crippen LogP contribution in [0.1, 0.15) is 10.4 Å². The highest BCUT2D eigenvalue weighted by Crippen LogP contribution is 2.26. The Morgan fingerprint density at radius 2 is 1.94 bits per heavy atom. The topological polar surface area (TPSA) is 90.4 Å². The Bertz CT molecular complexity index is 1420. The van der Waals surface area contributed by atoms with E-state index in [1.807, 2.05) is 84.5 Å². The number of carbonyl (C=O) groups excluding carboxylic acids is 1. The number of hydrogen-bond donors (Lipinski definition) is 3. The van der Waals surface area contributed by atoms with Gasteiger partial charge in [0.15, 0.2) is 11.5 Å². The van der Waals surface area contributed by atoms with E-state index in [0.717, 1.165) is 40.0 Å². The number of nitrogens with zero attached hydrogens (tertiary/aromatic N) is 4. The molecule has 0 fully saturated rings. The summed E-state index contributed by atoms with van der Waals surface area (Å²) >= 11 is 0. The number of carbonyl (C=O) groups is 1. The van der Waals surface area contributed by atoms with Gasteiger partial charge in [0.25, 0.3) is 5.91 Å². The van der Waals surface area contributed by atoms with Crippen LogP contribution >= 0.6 is 0 Å². The van der Waals surface area contributed by atoms with E-state index < -0.39 is 0 Å². The van der Waals surface area contributed by atoms with E-state index >= 15 is 0 Å². The maximum absolute atomic E-state index is 12.4. The third kappa shape index (κ3) is 4.28. The number of aromatic amines is 1. The summed E-state index contributed by atoms with van der Waals surface area (Å²) in [6.07, 6.45) is 7.39. The molecule has 0 bridgehead atoms. The number of fused-ring (bicyclic) bond motifs is 2. The summed E-state index contributed by atoms with van der Waals surface area (Å²) in [4.78, 5) is 26.7. The molecule has 166 valence electrons. The second-order valence-corrected chi connectivity index (χ2v) is 8.15. The van der Waals surface area contributed by atoms with Gasteiger partial charge in [-0.2, -0.15) is 0 Å². The first-order valence-electron chi connectivity index (χ1n) is 10.8. The van der Waals surface area contributed by atoms with Crippen molar-refractivity contribution in [2.75, 3.05) is 32.5 Å². The van der Waals surface area contributed by atoms with Crippen molar-refractivity contribution in [2.45, 2.75) is 0 Å². The van der Waals surface area contributed by atoms with Crippen LogP contribution in [0.2, 0.25) is 0 Å². The van der Waals surface area contributed by atoms with Crippen molar-refractivity contribution in [3.8, 4) is 11.3 Å². The van der Waals surface area contributed by atoms with E-state index in [-0.39, 0.29) is 5.91 Å². The first kappa shape index (κ1) is 20.7. The molecule has 0 radical (unpaired) electrons. The van der Waals surface area contributed by atoms with Gasteiger partial charge >= 0.3 is 0 Å². The van der Waals surface area contributed by atoms with E-state index in [1.165, 1.54) is 0 Å². The monoisotopic (exact) mass is 439 g/mol. The summed E-state index contributed by atoms with van der Waals surface area (Å²) in [6, 6.07) is 15.7. The SMILES string of the molecule is CN(C)CCNC(=O)c1ccc(-c2cnc3c(Nc4ccc5[nH]ccc5c4)nccn23)cc1. The molecule has 0 spiro atoms. The molecule has 0 atom stereocenters. The zero-order valence-corrected chi connectivity index (χ0v) is 18.5. The number of hydrogen-bond acceptors (Lipinski definition) is 5. The number of amides is 1. The van der Waals surface area contributed by atoms with E-state index in [9.17, 15) is 4.79 Å². The van der Waals surface area contributed by atoms with Crippen LogP contribution in [0.4, 0.5) is 11.5 Å². The second-order valence-electron chi connectivity index (χ2n) is 8.15. The van der Waals surface area contributed by atoms with Gasteiger partial charge < -0.3 is 20.5 Å². The lowest BCUT2D eigenvalue weighted by Gasteiger charge is -2.11. The van der Waals surface area contributed by atoms with Crippen LogP contribution < -0.4 is 10.6 Å². The predicted octanol–water partition coefficient (Wildman–Crippen LogP) is 3.91. The molecule has 2 aromatic carbocycles. The van der Waals surface area contributed by atoms with Crippen molar-refractivity contribution in [3.63, 3.8) is 0 Å². The van der Waals surface area contributed by atoms with Crippen molar-refractivity contribution in [2.24, 2.45) is 0 Å². The summed E-state index contributed by atoms with van der Waals surface area (Å²) < 4.78 is 2.00. The molecule has 0 saturated carbocycles. The predicted molar refractivity (Wildman–Crippen MR) is 131 cm³/mol. The fourth-order valence-electron chi connectivity index (χ4n) is 3.78. The average Bonchev–Trinajstić information content (AvgIpc) is 3.46. The maximum atomic E-state index is 12.4. The van der Waals surface area contributed by atoms with Crippen molar-refractivity contribution in [3.05, 3.63) is 78.9 Å². The molecule has 8 nitrogen and oxygen atoms in total. The van der Waals surface area contributed by atoms with Crippen LogP contribution in [0.25, 0.3) is 27.8 Å². The normalized spacial score (nSPS) is 11.4. The number of benzene rings is 2. The minimum absolute atomic E-state index is 0.0726. The van der Waals surface area contributed by atoms with Crippen LogP contribution in [-0.2, 0) is 0 Å². The summed E-state index contributed by atoms with van der Waals surface area (Å²) in [5, 5.41) is 7.44. The van der Waals surface area contributed by atoms with E-state index in [2.05, 4.69) is 31.7 Å². The Labute approximate surface area is 191 Å².